The molecule has 1 aliphatic heterocycles. The third-order valence-electron chi connectivity index (χ3n) is 13.1. The Morgan fingerprint density at radius 2 is 1.11 bits per heavy atom. The highest BCUT2D eigenvalue weighted by Crippen LogP contribution is 2.28. The fourth-order valence-corrected chi connectivity index (χ4v) is 9.09. The minimum atomic E-state index is -1.50. The zero-order valence-electron chi connectivity index (χ0n) is 44.1. The number of benzene rings is 2. The highest BCUT2D eigenvalue weighted by atomic mass is 16.5. The van der Waals surface area contributed by atoms with Crippen molar-refractivity contribution in [3.8, 4) is 11.8 Å². The number of nitrogens with zero attached hydrogens (tertiary/aromatic N) is 5. The van der Waals surface area contributed by atoms with Crippen molar-refractivity contribution in [2.45, 2.75) is 156 Å². The summed E-state index contributed by atoms with van der Waals surface area (Å²) in [5.74, 6) is -4.47. The first-order chi connectivity index (χ1) is 33.5. The molecule has 7 atom stereocenters. The molecule has 17 nitrogen and oxygen atoms in total. The Bertz CT molecular complexity index is 2390. The lowest BCUT2D eigenvalue weighted by atomic mass is 9.96. The molecule has 2 heterocycles. The van der Waals surface area contributed by atoms with Crippen LogP contribution in [0, 0.1) is 35.0 Å². The first-order valence-electron chi connectivity index (χ1n) is 25.0. The third-order valence-corrected chi connectivity index (χ3v) is 13.1. The Balaban J connectivity index is 1.93. The predicted octanol–water partition coefficient (Wildman–Crippen LogP) is 5.61. The van der Waals surface area contributed by atoms with Gasteiger partial charge in [-0.1, -0.05) is 91.8 Å². The summed E-state index contributed by atoms with van der Waals surface area (Å²) in [6.45, 7) is 17.0. The number of methoxy groups -OCH3 is 1. The Morgan fingerprint density at radius 1 is 0.634 bits per heavy atom. The molecule has 0 radical (unpaired) electrons. The number of likely N-dealkylation sites (N-methyl/N-ethyl adjacent to an activating group) is 3. The SMILES string of the molecule is COc1ccccc1Cn1cc(C[C@H]2C(=O)N[C@@H](CC(C)C)C(=O)N(C)[C@@H](C)C(=O)O[C@H](CCC#N)C(=O)N[C@@H](CC(C)C)C(=O)N(C)[C@@H](CC(C)C)C(=O)N[C@@H](CC(C)C)C(=O)N2C)c2ccccc21. The van der Waals surface area contributed by atoms with Gasteiger partial charge in [0.2, 0.25) is 29.5 Å². The molecule has 4 rings (SSSR count). The molecule has 388 valence electrons. The van der Waals surface area contributed by atoms with Crippen LogP contribution in [0.1, 0.15) is 112 Å². The van der Waals surface area contributed by atoms with E-state index in [4.69, 9.17) is 9.47 Å². The number of esters is 1. The molecule has 3 aromatic rings. The maximum atomic E-state index is 15.2. The van der Waals surface area contributed by atoms with Crippen molar-refractivity contribution >= 4 is 52.3 Å². The maximum absolute atomic E-state index is 15.2. The average Bonchev–Trinajstić information content (AvgIpc) is 3.66. The first kappa shape index (κ1) is 57.1. The van der Waals surface area contributed by atoms with Gasteiger partial charge in [-0.15, -0.1) is 0 Å². The topological polar surface area (TPSA) is 212 Å². The summed E-state index contributed by atoms with van der Waals surface area (Å²) in [6.07, 6.45) is 0.817. The maximum Gasteiger partial charge on any atom is 0.329 e. The molecule has 0 spiro atoms. The van der Waals surface area contributed by atoms with Crippen LogP contribution in [0.4, 0.5) is 0 Å². The van der Waals surface area contributed by atoms with Crippen molar-refractivity contribution in [2.75, 3.05) is 28.3 Å². The summed E-state index contributed by atoms with van der Waals surface area (Å²) in [4.78, 5) is 106. The minimum Gasteiger partial charge on any atom is -0.496 e. The van der Waals surface area contributed by atoms with Crippen molar-refractivity contribution in [3.05, 3.63) is 65.9 Å². The summed E-state index contributed by atoms with van der Waals surface area (Å²) in [5.41, 5.74) is 2.55. The molecule has 1 fully saturated rings. The van der Waals surface area contributed by atoms with Gasteiger partial charge in [0.1, 0.15) is 42.0 Å². The zero-order chi connectivity index (χ0) is 52.9. The van der Waals surface area contributed by atoms with E-state index in [0.717, 1.165) is 26.9 Å². The first-order valence-corrected chi connectivity index (χ1v) is 25.0. The van der Waals surface area contributed by atoms with E-state index in [-0.39, 0.29) is 68.6 Å². The Hall–Kier alpha value is -6.44. The minimum absolute atomic E-state index is 0.00653. The molecule has 3 N–H and O–H groups in total. The molecule has 0 bridgehead atoms. The van der Waals surface area contributed by atoms with Crippen LogP contribution in [-0.2, 0) is 51.3 Å². The smallest absolute Gasteiger partial charge is 0.329 e. The van der Waals surface area contributed by atoms with Crippen LogP contribution < -0.4 is 20.7 Å². The molecular weight excluding hydrogens is 905 g/mol. The number of fused-ring (bicyclic) bond motifs is 1. The molecule has 17 heteroatoms. The number of carbonyl (C=O) groups excluding carboxylic acids is 7. The predicted molar refractivity (Wildman–Crippen MR) is 271 cm³/mol. The van der Waals surface area contributed by atoms with Crippen molar-refractivity contribution in [2.24, 2.45) is 23.7 Å². The van der Waals surface area contributed by atoms with E-state index < -0.39 is 83.8 Å². The van der Waals surface area contributed by atoms with Gasteiger partial charge in [-0.2, -0.15) is 5.26 Å². The van der Waals surface area contributed by atoms with Gasteiger partial charge in [-0.25, -0.2) is 4.79 Å². The van der Waals surface area contributed by atoms with Crippen LogP contribution in [0.2, 0.25) is 0 Å². The number of aromatic nitrogens is 1. The number of hydrogen-bond donors (Lipinski definition) is 3. The molecule has 0 aliphatic carbocycles. The van der Waals surface area contributed by atoms with Gasteiger partial charge in [-0.3, -0.25) is 28.8 Å². The summed E-state index contributed by atoms with van der Waals surface area (Å²) in [7, 11) is 6.01. The standard InChI is InChI=1S/C54H78N8O9/c1-32(2)25-40-51(66)59(10)36(9)54(69)71-47(23-18-24-55)50(65)58-42(27-34(5)6)53(68)60(11)44(28-35(7)8)48(63)57-41(26-33(3)4)52(67)61(12)45(49(64)56-40)29-38-31-62(43-21-16-15-20-39(38)43)30-37-19-14-17-22-46(37)70-13/h14-17,19-22,31-36,40-42,44-45,47H,18,23,25-30H2,1-13H3,(H,56,64)(H,57,63)(H,58,65)/t36-,40-,41-,42-,44-,45-,47+/m0/s1. The molecule has 1 saturated heterocycles. The quantitative estimate of drug-likeness (QED) is 0.160. The monoisotopic (exact) mass is 983 g/mol. The second-order valence-electron chi connectivity index (χ2n) is 20.7. The van der Waals surface area contributed by atoms with Crippen molar-refractivity contribution < 1.29 is 43.0 Å². The molecule has 6 amide bonds. The number of nitriles is 1. The van der Waals surface area contributed by atoms with Crippen LogP contribution in [0.5, 0.6) is 5.75 Å². The molecule has 0 unspecified atom stereocenters. The number of para-hydroxylation sites is 2. The summed E-state index contributed by atoms with van der Waals surface area (Å²) >= 11 is 0. The third kappa shape index (κ3) is 15.3. The highest BCUT2D eigenvalue weighted by Gasteiger charge is 2.40. The van der Waals surface area contributed by atoms with E-state index in [9.17, 15) is 29.2 Å². The molecule has 2 aromatic carbocycles. The van der Waals surface area contributed by atoms with Gasteiger partial charge in [0.05, 0.1) is 19.7 Å². The molecule has 71 heavy (non-hydrogen) atoms. The largest absolute Gasteiger partial charge is 0.496 e. The lowest BCUT2D eigenvalue weighted by molar-refractivity contribution is -0.163. The number of carbonyl (C=O) groups is 7. The van der Waals surface area contributed by atoms with Gasteiger partial charge in [0.15, 0.2) is 6.10 Å². The second kappa shape index (κ2) is 26.1. The molecular formula is C54H78N8O9. The Labute approximate surface area is 420 Å². The van der Waals surface area contributed by atoms with Crippen molar-refractivity contribution in [3.63, 3.8) is 0 Å². The van der Waals surface area contributed by atoms with E-state index in [1.807, 2.05) is 116 Å². The van der Waals surface area contributed by atoms with Crippen LogP contribution >= 0.6 is 0 Å². The molecule has 1 aliphatic rings. The number of nitrogens with one attached hydrogen (secondary N) is 3. The number of cyclic esters (lactones) is 1. The summed E-state index contributed by atoms with van der Waals surface area (Å²) in [5, 5.41) is 19.0. The summed E-state index contributed by atoms with van der Waals surface area (Å²) in [6, 6.07) is 10.4. The van der Waals surface area contributed by atoms with E-state index in [2.05, 4.69) is 20.5 Å². The van der Waals surface area contributed by atoms with Gasteiger partial charge >= 0.3 is 5.97 Å². The summed E-state index contributed by atoms with van der Waals surface area (Å²) < 4.78 is 13.5. The highest BCUT2D eigenvalue weighted by molar-refractivity contribution is 5.98. The second-order valence-corrected chi connectivity index (χ2v) is 20.7. The zero-order valence-corrected chi connectivity index (χ0v) is 44.1. The number of ether oxygens (including phenoxy) is 2. The van der Waals surface area contributed by atoms with E-state index >= 15 is 9.59 Å². The van der Waals surface area contributed by atoms with Crippen molar-refractivity contribution in [1.29, 1.82) is 5.26 Å². The molecule has 0 saturated carbocycles. The fourth-order valence-electron chi connectivity index (χ4n) is 9.09. The number of hydrogen-bond acceptors (Lipinski definition) is 10. The van der Waals surface area contributed by atoms with Crippen LogP contribution in [0.15, 0.2) is 54.7 Å². The van der Waals surface area contributed by atoms with E-state index in [0.29, 0.717) is 12.3 Å². The lowest BCUT2D eigenvalue weighted by Gasteiger charge is -2.35. The van der Waals surface area contributed by atoms with Crippen LogP contribution in [0.3, 0.4) is 0 Å². The normalized spacial score (nSPS) is 23.0. The van der Waals surface area contributed by atoms with Gasteiger partial charge < -0.3 is 44.7 Å². The fraction of sp³-hybridized carbons (Fsp3) is 0.593. The number of rotatable bonds is 15. The number of amides is 6. The van der Waals surface area contributed by atoms with Crippen molar-refractivity contribution in [1.82, 2.24) is 35.2 Å². The Morgan fingerprint density at radius 3 is 1.65 bits per heavy atom. The average molecular weight is 983 g/mol. The Kier molecular flexibility index (Phi) is 21.0. The van der Waals surface area contributed by atoms with Gasteiger partial charge in [0.25, 0.3) is 5.91 Å². The van der Waals surface area contributed by atoms with E-state index in [1.54, 1.807) is 7.11 Å². The van der Waals surface area contributed by atoms with E-state index in [1.165, 1.54) is 37.9 Å². The van der Waals surface area contributed by atoms with Crippen LogP contribution in [-0.4, -0.2) is 131 Å². The molecule has 1 aromatic heterocycles. The lowest BCUT2D eigenvalue weighted by Crippen LogP contribution is -2.60. The van der Waals surface area contributed by atoms with Crippen LogP contribution in [0.25, 0.3) is 10.9 Å². The van der Waals surface area contributed by atoms with Gasteiger partial charge in [-0.05, 0) is 74.0 Å². The van der Waals surface area contributed by atoms with Gasteiger partial charge in [0, 0.05) is 63.1 Å².